The lowest BCUT2D eigenvalue weighted by atomic mass is 9.90. The highest BCUT2D eigenvalue weighted by molar-refractivity contribution is 7.12. The van der Waals surface area contributed by atoms with Crippen LogP contribution in [0.5, 0.6) is 0 Å². The number of amides is 2. The Morgan fingerprint density at radius 1 is 1.32 bits per heavy atom. The van der Waals surface area contributed by atoms with Crippen molar-refractivity contribution in [1.82, 2.24) is 10.2 Å². The van der Waals surface area contributed by atoms with Crippen LogP contribution < -0.4 is 5.32 Å². The number of aliphatic carboxylic acids is 1. The van der Waals surface area contributed by atoms with Gasteiger partial charge >= 0.3 is 5.97 Å². The SMILES string of the molecule is CC(C)C(NC(=O)c1cccs1)C(=O)N1CCC2(CC1)CC2C(=O)O. The van der Waals surface area contributed by atoms with E-state index in [1.165, 1.54) is 11.3 Å². The minimum absolute atomic E-state index is 0.0139. The summed E-state index contributed by atoms with van der Waals surface area (Å²) in [5.41, 5.74) is -0.101. The number of carboxylic acid groups (broad SMARTS) is 1. The zero-order chi connectivity index (χ0) is 18.2. The Morgan fingerprint density at radius 2 is 2.00 bits per heavy atom. The molecular formula is C18H24N2O4S. The lowest BCUT2D eigenvalue weighted by molar-refractivity contribution is -0.140. The standard InChI is InChI=1S/C18H24N2O4S/c1-11(2)14(19-15(21)13-4-3-9-25-13)16(22)20-7-5-18(6-8-20)10-12(18)17(23)24/h3-4,9,11-12,14H,5-8,10H2,1-2H3,(H,19,21)(H,23,24). The summed E-state index contributed by atoms with van der Waals surface area (Å²) in [7, 11) is 0. The van der Waals surface area contributed by atoms with E-state index in [-0.39, 0.29) is 29.1 Å². The summed E-state index contributed by atoms with van der Waals surface area (Å²) in [5.74, 6) is -1.27. The van der Waals surface area contributed by atoms with Crippen molar-refractivity contribution < 1.29 is 19.5 Å². The second-order valence-electron chi connectivity index (χ2n) is 7.46. The van der Waals surface area contributed by atoms with Crippen LogP contribution in [-0.2, 0) is 9.59 Å². The third kappa shape index (κ3) is 3.56. The molecule has 2 aliphatic rings. The summed E-state index contributed by atoms with van der Waals surface area (Å²) in [5, 5.41) is 13.9. The summed E-state index contributed by atoms with van der Waals surface area (Å²) < 4.78 is 0. The Hall–Kier alpha value is -1.89. The molecule has 1 aromatic heterocycles. The van der Waals surface area contributed by atoms with Crippen molar-refractivity contribution in [3.05, 3.63) is 22.4 Å². The molecule has 3 rings (SSSR count). The quantitative estimate of drug-likeness (QED) is 0.839. The molecule has 1 aromatic rings. The van der Waals surface area contributed by atoms with Gasteiger partial charge in [-0.25, -0.2) is 0 Å². The molecule has 2 N–H and O–H groups in total. The monoisotopic (exact) mass is 364 g/mol. The van der Waals surface area contributed by atoms with Gasteiger partial charge in [0.25, 0.3) is 5.91 Å². The predicted octanol–water partition coefficient (Wildman–Crippen LogP) is 2.22. The number of carbonyl (C=O) groups excluding carboxylic acids is 2. The van der Waals surface area contributed by atoms with Crippen molar-refractivity contribution in [2.75, 3.05) is 13.1 Å². The first kappa shape index (κ1) is 17.9. The van der Waals surface area contributed by atoms with Crippen LogP contribution in [0.1, 0.15) is 42.8 Å². The van der Waals surface area contributed by atoms with E-state index in [2.05, 4.69) is 5.32 Å². The van der Waals surface area contributed by atoms with E-state index < -0.39 is 12.0 Å². The number of nitrogens with one attached hydrogen (secondary N) is 1. The molecule has 1 aliphatic carbocycles. The van der Waals surface area contributed by atoms with Gasteiger partial charge < -0.3 is 15.3 Å². The lowest BCUT2D eigenvalue weighted by Crippen LogP contribution is -2.53. The van der Waals surface area contributed by atoms with Crippen LogP contribution in [0.2, 0.25) is 0 Å². The van der Waals surface area contributed by atoms with Gasteiger partial charge in [-0.1, -0.05) is 19.9 Å². The maximum atomic E-state index is 12.9. The van der Waals surface area contributed by atoms with Crippen LogP contribution in [0.3, 0.4) is 0 Å². The predicted molar refractivity (Wildman–Crippen MR) is 94.4 cm³/mol. The second-order valence-corrected chi connectivity index (χ2v) is 8.40. The van der Waals surface area contributed by atoms with E-state index in [1.54, 1.807) is 11.0 Å². The van der Waals surface area contributed by atoms with Gasteiger partial charge in [0.2, 0.25) is 5.91 Å². The zero-order valence-corrected chi connectivity index (χ0v) is 15.3. The molecule has 25 heavy (non-hydrogen) atoms. The number of carbonyl (C=O) groups is 3. The molecule has 0 aromatic carbocycles. The highest BCUT2D eigenvalue weighted by Gasteiger charge is 2.59. The fourth-order valence-electron chi connectivity index (χ4n) is 3.75. The molecule has 2 amide bonds. The minimum atomic E-state index is -0.719. The maximum Gasteiger partial charge on any atom is 0.307 e. The van der Waals surface area contributed by atoms with E-state index in [0.29, 0.717) is 18.0 Å². The molecule has 1 saturated carbocycles. The van der Waals surface area contributed by atoms with E-state index in [0.717, 1.165) is 19.3 Å². The summed E-state index contributed by atoms with van der Waals surface area (Å²) in [6.45, 7) is 4.98. The van der Waals surface area contributed by atoms with Crippen molar-refractivity contribution in [3.8, 4) is 0 Å². The molecule has 0 radical (unpaired) electrons. The van der Waals surface area contributed by atoms with Crippen LogP contribution in [0.4, 0.5) is 0 Å². The Balaban J connectivity index is 1.60. The lowest BCUT2D eigenvalue weighted by Gasteiger charge is -2.36. The van der Waals surface area contributed by atoms with Gasteiger partial charge in [0, 0.05) is 13.1 Å². The summed E-state index contributed by atoms with van der Waals surface area (Å²) in [4.78, 5) is 38.7. The Kier molecular flexibility index (Phi) is 4.86. The highest BCUT2D eigenvalue weighted by atomic mass is 32.1. The summed E-state index contributed by atoms with van der Waals surface area (Å²) >= 11 is 1.35. The van der Waals surface area contributed by atoms with E-state index in [1.807, 2.05) is 25.3 Å². The van der Waals surface area contributed by atoms with Gasteiger partial charge in [0.1, 0.15) is 6.04 Å². The number of hydrogen-bond donors (Lipinski definition) is 2. The molecule has 6 nitrogen and oxygen atoms in total. The van der Waals surface area contributed by atoms with Gasteiger partial charge in [-0.15, -0.1) is 11.3 Å². The number of carboxylic acids is 1. The molecule has 2 heterocycles. The molecular weight excluding hydrogens is 340 g/mol. The number of piperidine rings is 1. The third-order valence-corrected chi connectivity index (χ3v) is 6.39. The van der Waals surface area contributed by atoms with Gasteiger partial charge in [-0.3, -0.25) is 14.4 Å². The van der Waals surface area contributed by atoms with Crippen LogP contribution in [-0.4, -0.2) is 46.9 Å². The van der Waals surface area contributed by atoms with Crippen molar-refractivity contribution >= 4 is 29.1 Å². The molecule has 2 atom stereocenters. The molecule has 136 valence electrons. The normalized spacial score (nSPS) is 22.7. The van der Waals surface area contributed by atoms with Gasteiger partial charge in [0.15, 0.2) is 0 Å². The van der Waals surface area contributed by atoms with Crippen LogP contribution in [0, 0.1) is 17.3 Å². The number of thiophene rings is 1. The molecule has 7 heteroatoms. The average Bonchev–Trinajstić information content (AvgIpc) is 3.02. The van der Waals surface area contributed by atoms with E-state index in [4.69, 9.17) is 5.11 Å². The van der Waals surface area contributed by atoms with Crippen molar-refractivity contribution in [1.29, 1.82) is 0 Å². The Labute approximate surface area is 151 Å². The summed E-state index contributed by atoms with van der Waals surface area (Å²) in [6.07, 6.45) is 2.20. The van der Waals surface area contributed by atoms with Crippen molar-refractivity contribution in [2.45, 2.75) is 39.2 Å². The van der Waals surface area contributed by atoms with Crippen LogP contribution in [0.15, 0.2) is 17.5 Å². The minimum Gasteiger partial charge on any atom is -0.481 e. The van der Waals surface area contributed by atoms with Crippen molar-refractivity contribution in [2.24, 2.45) is 17.3 Å². The van der Waals surface area contributed by atoms with E-state index >= 15 is 0 Å². The Bertz CT molecular complexity index is 663. The largest absolute Gasteiger partial charge is 0.481 e. The first-order valence-corrected chi connectivity index (χ1v) is 9.58. The first-order chi connectivity index (χ1) is 11.8. The number of rotatable bonds is 5. The molecule has 2 fully saturated rings. The molecule has 1 aliphatic heterocycles. The molecule has 1 saturated heterocycles. The number of likely N-dealkylation sites (tertiary alicyclic amines) is 1. The molecule has 1 spiro atoms. The maximum absolute atomic E-state index is 12.9. The highest BCUT2D eigenvalue weighted by Crippen LogP contribution is 2.59. The fraction of sp³-hybridized carbons (Fsp3) is 0.611. The molecule has 0 bridgehead atoms. The number of nitrogens with zero attached hydrogens (tertiary/aromatic N) is 1. The Morgan fingerprint density at radius 3 is 2.48 bits per heavy atom. The fourth-order valence-corrected chi connectivity index (χ4v) is 4.38. The van der Waals surface area contributed by atoms with Crippen LogP contribution >= 0.6 is 11.3 Å². The first-order valence-electron chi connectivity index (χ1n) is 8.70. The average molecular weight is 364 g/mol. The van der Waals surface area contributed by atoms with E-state index in [9.17, 15) is 14.4 Å². The van der Waals surface area contributed by atoms with Gasteiger partial charge in [-0.2, -0.15) is 0 Å². The van der Waals surface area contributed by atoms with Gasteiger partial charge in [0.05, 0.1) is 10.8 Å². The topological polar surface area (TPSA) is 86.7 Å². The van der Waals surface area contributed by atoms with Crippen LogP contribution in [0.25, 0.3) is 0 Å². The molecule has 2 unspecified atom stereocenters. The van der Waals surface area contributed by atoms with Gasteiger partial charge in [-0.05, 0) is 42.0 Å². The smallest absolute Gasteiger partial charge is 0.307 e. The number of hydrogen-bond acceptors (Lipinski definition) is 4. The second kappa shape index (κ2) is 6.78. The third-order valence-electron chi connectivity index (χ3n) is 5.52. The van der Waals surface area contributed by atoms with Crippen molar-refractivity contribution in [3.63, 3.8) is 0 Å². The summed E-state index contributed by atoms with van der Waals surface area (Å²) in [6, 6.07) is 2.99. The zero-order valence-electron chi connectivity index (χ0n) is 14.5.